The quantitative estimate of drug-likeness (QED) is 0.0595. The minimum Gasteiger partial charge on any atom is -0.486 e. The van der Waals surface area contributed by atoms with E-state index in [1.807, 2.05) is 0 Å². The number of ether oxygens (including phenoxy) is 2. The molecule has 0 bridgehead atoms. The van der Waals surface area contributed by atoms with Gasteiger partial charge in [0.15, 0.2) is 11.5 Å². The van der Waals surface area contributed by atoms with Crippen molar-refractivity contribution in [1.82, 2.24) is 0 Å². The van der Waals surface area contributed by atoms with E-state index in [9.17, 15) is 39.6 Å². The topological polar surface area (TPSA) is 168 Å². The molecule has 4 saturated carbocycles. The predicted molar refractivity (Wildman–Crippen MR) is 294 cm³/mol. The van der Waals surface area contributed by atoms with Gasteiger partial charge in [0.25, 0.3) is 0 Å². The molecule has 75 heavy (non-hydrogen) atoms. The summed E-state index contributed by atoms with van der Waals surface area (Å²) in [5, 5.41) is 39.7. The van der Waals surface area contributed by atoms with E-state index in [1.54, 1.807) is 60.7 Å². The Morgan fingerprint density at radius 2 is 1.15 bits per heavy atom. The van der Waals surface area contributed by atoms with E-state index in [0.29, 0.717) is 68.0 Å². The number of allylic oxidation sites excluding steroid dienone is 1. The summed E-state index contributed by atoms with van der Waals surface area (Å²) in [4.78, 5) is 48.4. The summed E-state index contributed by atoms with van der Waals surface area (Å²) >= 11 is 13.9. The van der Waals surface area contributed by atoms with Gasteiger partial charge in [-0.05, 0) is 192 Å². The van der Waals surface area contributed by atoms with E-state index in [0.717, 1.165) is 48.3 Å². The van der Waals surface area contributed by atoms with Crippen molar-refractivity contribution in [3.05, 3.63) is 133 Å². The average molecular weight is 1060 g/mol. The van der Waals surface area contributed by atoms with Crippen molar-refractivity contribution >= 4 is 52.7 Å². The van der Waals surface area contributed by atoms with Gasteiger partial charge in [0, 0.05) is 0 Å². The van der Waals surface area contributed by atoms with Crippen LogP contribution >= 0.6 is 23.2 Å². The summed E-state index contributed by atoms with van der Waals surface area (Å²) in [6.07, 6.45) is 19.1. The highest BCUT2D eigenvalue weighted by Gasteiger charge is 2.60. The third-order valence-corrected chi connectivity index (χ3v) is 19.2. The van der Waals surface area contributed by atoms with E-state index >= 15 is 0 Å². The van der Waals surface area contributed by atoms with Crippen LogP contribution in [0.1, 0.15) is 179 Å². The molecule has 402 valence electrons. The molecule has 9 atom stereocenters. The van der Waals surface area contributed by atoms with Gasteiger partial charge in [-0.2, -0.15) is 0 Å². The smallest absolute Gasteiger partial charge is 0.339 e. The second-order valence-electron chi connectivity index (χ2n) is 23.7. The molecule has 12 heteroatoms. The lowest BCUT2D eigenvalue weighted by molar-refractivity contribution is -0.137. The van der Waals surface area contributed by atoms with Gasteiger partial charge in [-0.3, -0.25) is 9.59 Å². The summed E-state index contributed by atoms with van der Waals surface area (Å²) < 4.78 is 12.1. The van der Waals surface area contributed by atoms with E-state index in [4.69, 9.17) is 32.7 Å². The number of carboxylic acids is 4. The third kappa shape index (κ3) is 12.8. The molecule has 4 fully saturated rings. The first-order chi connectivity index (χ1) is 35.7. The number of fused-ring (bicyclic) bond motifs is 5. The van der Waals surface area contributed by atoms with Crippen LogP contribution in [0.2, 0.25) is 10.0 Å². The van der Waals surface area contributed by atoms with Crippen molar-refractivity contribution in [3.63, 3.8) is 0 Å². The lowest BCUT2D eigenvalue weighted by Crippen LogP contribution is -2.53. The van der Waals surface area contributed by atoms with Crippen molar-refractivity contribution in [2.24, 2.45) is 58.2 Å². The average Bonchev–Trinajstić information content (AvgIpc) is 3.74. The Bertz CT molecular complexity index is 2610. The lowest BCUT2D eigenvalue weighted by atomic mass is 9.44. The molecule has 0 heterocycles. The van der Waals surface area contributed by atoms with Crippen LogP contribution in [0.5, 0.6) is 11.5 Å². The molecule has 0 radical (unpaired) electrons. The van der Waals surface area contributed by atoms with E-state index in [-0.39, 0.29) is 58.7 Å². The Hall–Kier alpha value is -5.32. The van der Waals surface area contributed by atoms with E-state index in [2.05, 4.69) is 40.7 Å². The molecule has 4 aromatic carbocycles. The number of carbonyl (C=O) groups is 4. The van der Waals surface area contributed by atoms with Crippen LogP contribution in [0.15, 0.2) is 78.9 Å². The molecule has 4 aliphatic rings. The van der Waals surface area contributed by atoms with Gasteiger partial charge >= 0.3 is 23.9 Å². The molecular formula is C63H76Cl2O10. The van der Waals surface area contributed by atoms with E-state index < -0.39 is 23.9 Å². The van der Waals surface area contributed by atoms with Gasteiger partial charge in [-0.1, -0.05) is 132 Å². The number of hydrogen-bond donors (Lipinski definition) is 4. The molecule has 0 unspecified atom stereocenters. The van der Waals surface area contributed by atoms with Crippen LogP contribution in [0.25, 0.3) is 5.57 Å². The van der Waals surface area contributed by atoms with Crippen molar-refractivity contribution in [2.45, 2.75) is 151 Å². The molecule has 4 aromatic rings. The van der Waals surface area contributed by atoms with Gasteiger partial charge in [0.1, 0.15) is 24.3 Å². The van der Waals surface area contributed by atoms with Crippen molar-refractivity contribution in [1.29, 1.82) is 0 Å². The molecule has 0 amide bonds. The zero-order chi connectivity index (χ0) is 53.8. The summed E-state index contributed by atoms with van der Waals surface area (Å²) in [6.45, 7) is 12.5. The van der Waals surface area contributed by atoms with Gasteiger partial charge in [-0.25, -0.2) is 9.59 Å². The van der Waals surface area contributed by atoms with Crippen LogP contribution in [-0.2, 0) is 35.6 Å². The minimum atomic E-state index is -1.27. The van der Waals surface area contributed by atoms with Crippen molar-refractivity contribution in [2.75, 3.05) is 0 Å². The zero-order valence-corrected chi connectivity index (χ0v) is 45.9. The SMILES string of the molecule is CC(C)CCC[C@@H](C)[C@H]1CC[C@H]2[C@@H]3CC[C@H]4C[C@@H](CCC=C(c5cc(Cl)c(OCc6ccc(CC(=O)O)cc6)c(C(=O)O)c5)c5cc(Cl)c(OCc6ccc(CC(=O)O)cc6)c(C(=O)O)c5)CC[C@]4(C)[C@H]3CC[C@]12C. The highest BCUT2D eigenvalue weighted by atomic mass is 35.5. The maximum absolute atomic E-state index is 13.0. The maximum atomic E-state index is 13.0. The first kappa shape index (κ1) is 55.9. The fraction of sp³-hybridized carbons (Fsp3) is 0.524. The van der Waals surface area contributed by atoms with Gasteiger partial charge in [0.2, 0.25) is 0 Å². The minimum absolute atomic E-state index is 0.0257. The summed E-state index contributed by atoms with van der Waals surface area (Å²) in [5.74, 6) is 1.54. The maximum Gasteiger partial charge on any atom is 0.339 e. The van der Waals surface area contributed by atoms with Gasteiger partial charge in [-0.15, -0.1) is 0 Å². The number of hydrogen-bond acceptors (Lipinski definition) is 6. The Morgan fingerprint density at radius 3 is 1.65 bits per heavy atom. The first-order valence-electron chi connectivity index (χ1n) is 27.4. The van der Waals surface area contributed by atoms with Gasteiger partial charge < -0.3 is 29.9 Å². The molecule has 0 aliphatic heterocycles. The fourth-order valence-corrected chi connectivity index (χ4v) is 15.3. The number of benzene rings is 4. The molecule has 4 aliphatic carbocycles. The van der Waals surface area contributed by atoms with E-state index in [1.165, 1.54) is 82.8 Å². The molecule has 0 saturated heterocycles. The molecule has 0 spiro atoms. The number of rotatable bonds is 22. The van der Waals surface area contributed by atoms with Crippen molar-refractivity contribution in [3.8, 4) is 11.5 Å². The summed E-state index contributed by atoms with van der Waals surface area (Å²) in [5.41, 5.74) is 4.52. The molecule has 8 rings (SSSR count). The van der Waals surface area contributed by atoms with Crippen LogP contribution in [0.3, 0.4) is 0 Å². The predicted octanol–water partition coefficient (Wildman–Crippen LogP) is 15.8. The van der Waals surface area contributed by atoms with Crippen LogP contribution in [0.4, 0.5) is 0 Å². The van der Waals surface area contributed by atoms with Crippen LogP contribution in [0, 0.1) is 58.2 Å². The van der Waals surface area contributed by atoms with Crippen molar-refractivity contribution < 1.29 is 49.1 Å². The van der Waals surface area contributed by atoms with Gasteiger partial charge in [0.05, 0.1) is 22.9 Å². The molecule has 10 nitrogen and oxygen atoms in total. The molecule has 0 aromatic heterocycles. The number of carboxylic acid groups (broad SMARTS) is 4. The highest BCUT2D eigenvalue weighted by molar-refractivity contribution is 6.33. The second-order valence-corrected chi connectivity index (χ2v) is 24.5. The summed E-state index contributed by atoms with van der Waals surface area (Å²) in [7, 11) is 0. The number of aliphatic carboxylic acids is 2. The van der Waals surface area contributed by atoms with Crippen LogP contribution in [-0.4, -0.2) is 44.3 Å². The zero-order valence-electron chi connectivity index (χ0n) is 44.3. The normalized spacial score (nSPS) is 25.3. The number of halogens is 2. The largest absolute Gasteiger partial charge is 0.486 e. The first-order valence-corrected chi connectivity index (χ1v) is 28.2. The Labute approximate surface area is 453 Å². The molecule has 4 N–H and O–H groups in total. The summed E-state index contributed by atoms with van der Waals surface area (Å²) in [6, 6.07) is 19.9. The lowest BCUT2D eigenvalue weighted by Gasteiger charge is -2.61. The highest BCUT2D eigenvalue weighted by Crippen LogP contribution is 2.69. The second kappa shape index (κ2) is 23.9. The Balaban J connectivity index is 1.03. The monoisotopic (exact) mass is 1060 g/mol. The van der Waals surface area contributed by atoms with Crippen LogP contribution < -0.4 is 9.47 Å². The Kier molecular flexibility index (Phi) is 17.8. The standard InChI is InChI=1S/C63H76Cl2O10/c1-37(2)8-6-9-38(3)51-22-23-52-48-21-20-46-28-39(24-26-62(46,4)53(48)25-27-63(51,52)5)10-7-11-47(44-31-49(60(70)71)58(54(64)33-44)74-35-42-16-12-40(13-17-42)29-56(66)67)45-32-50(61(72)73)59(55(65)34-45)75-36-43-18-14-41(15-19-43)30-57(68)69/h11-19,31-34,37-39,46,48,51-53H,6-10,20-30,35-36H2,1-5H3,(H,66,67)(H,68,69)(H,70,71)(H,72,73)/t38-,39+,46+,48+,51-,52+,53+,62+,63-/m1/s1. The number of aromatic carboxylic acids is 2. The Morgan fingerprint density at radius 1 is 0.640 bits per heavy atom. The molecular weight excluding hydrogens is 988 g/mol. The third-order valence-electron chi connectivity index (χ3n) is 18.6. The fourth-order valence-electron chi connectivity index (χ4n) is 14.8.